The van der Waals surface area contributed by atoms with Crippen LogP contribution in [0.25, 0.3) is 16.6 Å². The molecule has 37 heavy (non-hydrogen) atoms. The van der Waals surface area contributed by atoms with Gasteiger partial charge in [-0.15, -0.1) is 5.11 Å². The van der Waals surface area contributed by atoms with Crippen LogP contribution in [0.5, 0.6) is 11.5 Å². The molecule has 9 nitrogen and oxygen atoms in total. The number of methoxy groups -OCH3 is 1. The molecule has 0 unspecified atom stereocenters. The minimum absolute atomic E-state index is 0.0558. The lowest BCUT2D eigenvalue weighted by molar-refractivity contribution is 0.415. The van der Waals surface area contributed by atoms with Gasteiger partial charge in [-0.1, -0.05) is 18.2 Å². The van der Waals surface area contributed by atoms with Crippen molar-refractivity contribution in [1.82, 2.24) is 14.3 Å². The molecule has 0 spiro atoms. The topological polar surface area (TPSA) is 106 Å². The van der Waals surface area contributed by atoms with E-state index in [1.54, 1.807) is 66.1 Å². The van der Waals surface area contributed by atoms with Crippen molar-refractivity contribution in [3.8, 4) is 17.2 Å². The molecule has 0 radical (unpaired) electrons. The minimum Gasteiger partial charge on any atom is -0.505 e. The highest BCUT2D eigenvalue weighted by Gasteiger charge is 2.16. The van der Waals surface area contributed by atoms with E-state index in [0.717, 1.165) is 11.4 Å². The SMILES string of the molecule is COc1ccc(N=Nc2cc(C=Nc3c(C)n(C)n(-c4ccccc4)c3=O)c(O)c3ncccc23)cc1. The van der Waals surface area contributed by atoms with E-state index >= 15 is 0 Å². The summed E-state index contributed by atoms with van der Waals surface area (Å²) in [6, 6.07) is 21.8. The summed E-state index contributed by atoms with van der Waals surface area (Å²) in [5.41, 5.74) is 3.30. The van der Waals surface area contributed by atoms with Crippen molar-refractivity contribution in [2.75, 3.05) is 7.11 Å². The van der Waals surface area contributed by atoms with E-state index in [1.165, 1.54) is 6.21 Å². The quantitative estimate of drug-likeness (QED) is 0.235. The first-order valence-corrected chi connectivity index (χ1v) is 11.5. The fraction of sp³-hybridized carbons (Fsp3) is 0.107. The fourth-order valence-corrected chi connectivity index (χ4v) is 4.01. The molecule has 0 aliphatic rings. The summed E-state index contributed by atoms with van der Waals surface area (Å²) in [6.07, 6.45) is 3.04. The van der Waals surface area contributed by atoms with Gasteiger partial charge in [-0.2, -0.15) is 5.11 Å². The summed E-state index contributed by atoms with van der Waals surface area (Å²) >= 11 is 0. The highest BCUT2D eigenvalue weighted by Crippen LogP contribution is 2.35. The van der Waals surface area contributed by atoms with Gasteiger partial charge in [-0.3, -0.25) is 14.5 Å². The molecule has 2 aromatic heterocycles. The van der Waals surface area contributed by atoms with Crippen molar-refractivity contribution in [1.29, 1.82) is 0 Å². The predicted molar refractivity (Wildman–Crippen MR) is 144 cm³/mol. The van der Waals surface area contributed by atoms with Gasteiger partial charge < -0.3 is 9.84 Å². The van der Waals surface area contributed by atoms with Crippen molar-refractivity contribution in [3.63, 3.8) is 0 Å². The molecule has 2 heterocycles. The standard InChI is InChI=1S/C28H24N6O3/c1-18-25(28(36)34(33(18)2)21-8-5-4-6-9-21)30-17-19-16-24(23-10-7-15-29-26(23)27(19)35)32-31-20-11-13-22(37-3)14-12-20/h4-17,35H,1-3H3. The number of hydrogen-bond acceptors (Lipinski definition) is 7. The third kappa shape index (κ3) is 4.50. The molecule has 0 bridgehead atoms. The van der Waals surface area contributed by atoms with Gasteiger partial charge in [-0.25, -0.2) is 9.67 Å². The van der Waals surface area contributed by atoms with Gasteiger partial charge in [0.05, 0.1) is 29.9 Å². The Kier molecular flexibility index (Phi) is 6.34. The second-order valence-electron chi connectivity index (χ2n) is 8.30. The van der Waals surface area contributed by atoms with Crippen LogP contribution < -0.4 is 10.3 Å². The molecular formula is C28H24N6O3. The van der Waals surface area contributed by atoms with Crippen LogP contribution in [0, 0.1) is 6.92 Å². The second kappa shape index (κ2) is 9.90. The maximum atomic E-state index is 13.2. The van der Waals surface area contributed by atoms with Gasteiger partial charge in [0.15, 0.2) is 11.4 Å². The molecule has 3 aromatic carbocycles. The molecular weight excluding hydrogens is 468 g/mol. The third-order valence-electron chi connectivity index (χ3n) is 6.08. The summed E-state index contributed by atoms with van der Waals surface area (Å²) in [7, 11) is 3.40. The number of hydrogen-bond donors (Lipinski definition) is 1. The smallest absolute Gasteiger partial charge is 0.297 e. The van der Waals surface area contributed by atoms with Crippen LogP contribution in [0.3, 0.4) is 0 Å². The van der Waals surface area contributed by atoms with Crippen LogP contribution in [-0.2, 0) is 7.05 Å². The molecule has 9 heteroatoms. The summed E-state index contributed by atoms with van der Waals surface area (Å²) in [5.74, 6) is 0.666. The monoisotopic (exact) mass is 492 g/mol. The molecule has 0 aliphatic carbocycles. The van der Waals surface area contributed by atoms with Crippen LogP contribution in [-0.4, -0.2) is 32.8 Å². The maximum absolute atomic E-state index is 13.2. The molecule has 5 aromatic rings. The van der Waals surface area contributed by atoms with E-state index in [-0.39, 0.29) is 17.0 Å². The molecule has 0 atom stereocenters. The summed E-state index contributed by atoms with van der Waals surface area (Å²) in [6.45, 7) is 1.82. The number of phenolic OH excluding ortho intramolecular Hbond substituents is 1. The van der Waals surface area contributed by atoms with E-state index in [1.807, 2.05) is 43.3 Å². The normalized spacial score (nSPS) is 11.6. The Morgan fingerprint density at radius 1 is 1.00 bits per heavy atom. The number of phenols is 1. The molecule has 184 valence electrons. The molecule has 0 saturated carbocycles. The van der Waals surface area contributed by atoms with Crippen LogP contribution in [0.4, 0.5) is 17.1 Å². The van der Waals surface area contributed by atoms with Crippen molar-refractivity contribution >= 4 is 34.2 Å². The largest absolute Gasteiger partial charge is 0.505 e. The highest BCUT2D eigenvalue weighted by molar-refractivity contribution is 6.01. The van der Waals surface area contributed by atoms with E-state index in [4.69, 9.17) is 4.74 Å². The highest BCUT2D eigenvalue weighted by atomic mass is 16.5. The average molecular weight is 493 g/mol. The molecule has 1 N–H and O–H groups in total. The number of aromatic nitrogens is 3. The van der Waals surface area contributed by atoms with Gasteiger partial charge in [0.1, 0.15) is 11.3 Å². The number of ether oxygens (including phenoxy) is 1. The van der Waals surface area contributed by atoms with Gasteiger partial charge in [0.25, 0.3) is 5.56 Å². The van der Waals surface area contributed by atoms with Gasteiger partial charge in [-0.05, 0) is 61.5 Å². The van der Waals surface area contributed by atoms with Gasteiger partial charge in [0, 0.05) is 30.4 Å². The Morgan fingerprint density at radius 2 is 1.76 bits per heavy atom. The Bertz CT molecular complexity index is 1700. The fourth-order valence-electron chi connectivity index (χ4n) is 4.01. The first-order chi connectivity index (χ1) is 18.0. The van der Waals surface area contributed by atoms with E-state index in [2.05, 4.69) is 20.2 Å². The third-order valence-corrected chi connectivity index (χ3v) is 6.08. The first kappa shape index (κ1) is 23.7. The van der Waals surface area contributed by atoms with Crippen molar-refractivity contribution in [2.45, 2.75) is 6.92 Å². The molecule has 0 aliphatic heterocycles. The second-order valence-corrected chi connectivity index (χ2v) is 8.30. The molecule has 0 amide bonds. The van der Waals surface area contributed by atoms with E-state index < -0.39 is 0 Å². The number of fused-ring (bicyclic) bond motifs is 1. The molecule has 5 rings (SSSR count). The number of para-hydroxylation sites is 1. The number of aromatic hydroxyl groups is 1. The zero-order valence-corrected chi connectivity index (χ0v) is 20.5. The lowest BCUT2D eigenvalue weighted by Gasteiger charge is -2.07. The number of rotatable bonds is 6. The van der Waals surface area contributed by atoms with E-state index in [9.17, 15) is 9.90 Å². The van der Waals surface area contributed by atoms with Crippen LogP contribution in [0.2, 0.25) is 0 Å². The maximum Gasteiger partial charge on any atom is 0.297 e. The minimum atomic E-state index is -0.264. The number of azo groups is 1. The number of aliphatic imine (C=N–C) groups is 1. The average Bonchev–Trinajstić information content (AvgIpc) is 3.15. The van der Waals surface area contributed by atoms with Gasteiger partial charge in [0.2, 0.25) is 0 Å². The van der Waals surface area contributed by atoms with Crippen molar-refractivity contribution < 1.29 is 9.84 Å². The number of pyridine rings is 1. The Morgan fingerprint density at radius 3 is 2.49 bits per heavy atom. The van der Waals surface area contributed by atoms with Crippen molar-refractivity contribution in [2.24, 2.45) is 22.3 Å². The lowest BCUT2D eigenvalue weighted by Crippen LogP contribution is -2.19. The summed E-state index contributed by atoms with van der Waals surface area (Å²) in [4.78, 5) is 22.0. The molecule has 0 saturated heterocycles. The zero-order chi connectivity index (χ0) is 25.9. The Hall–Kier alpha value is -5.05. The predicted octanol–water partition coefficient (Wildman–Crippen LogP) is 5.91. The van der Waals surface area contributed by atoms with Gasteiger partial charge >= 0.3 is 0 Å². The van der Waals surface area contributed by atoms with Crippen LogP contribution >= 0.6 is 0 Å². The van der Waals surface area contributed by atoms with Crippen molar-refractivity contribution in [3.05, 3.63) is 101 Å². The van der Waals surface area contributed by atoms with E-state index in [0.29, 0.717) is 33.5 Å². The Labute approximate surface area is 212 Å². The molecule has 0 fully saturated rings. The zero-order valence-electron chi connectivity index (χ0n) is 20.5. The first-order valence-electron chi connectivity index (χ1n) is 11.5. The number of nitrogens with zero attached hydrogens (tertiary/aromatic N) is 6. The van der Waals surface area contributed by atoms with Crippen LogP contribution in [0.15, 0.2) is 99.0 Å². The Balaban J connectivity index is 1.57. The summed E-state index contributed by atoms with van der Waals surface area (Å²) < 4.78 is 8.49. The summed E-state index contributed by atoms with van der Waals surface area (Å²) in [5, 5.41) is 20.3. The lowest BCUT2D eigenvalue weighted by atomic mass is 10.1. The number of benzene rings is 3. The van der Waals surface area contributed by atoms with Crippen LogP contribution in [0.1, 0.15) is 11.3 Å².